The number of sulfonamides is 1. The maximum Gasteiger partial charge on any atom is 0.243 e. The molecule has 0 bridgehead atoms. The van der Waals surface area contributed by atoms with Crippen LogP contribution in [0.1, 0.15) is 25.0 Å². The molecule has 1 aromatic rings. The molecule has 6 heteroatoms. The highest BCUT2D eigenvalue weighted by atomic mass is 32.2. The largest absolute Gasteiger partial charge is 0.342 e. The minimum absolute atomic E-state index is 0.162. The summed E-state index contributed by atoms with van der Waals surface area (Å²) in [7, 11) is -3.52. The highest BCUT2D eigenvalue weighted by Gasteiger charge is 2.24. The van der Waals surface area contributed by atoms with Gasteiger partial charge in [-0.25, -0.2) is 8.42 Å². The smallest absolute Gasteiger partial charge is 0.243 e. The van der Waals surface area contributed by atoms with Crippen LogP contribution in [-0.4, -0.2) is 45.1 Å². The van der Waals surface area contributed by atoms with Gasteiger partial charge in [-0.15, -0.1) is 0 Å². The molecule has 0 N–H and O–H groups in total. The van der Waals surface area contributed by atoms with Crippen molar-refractivity contribution < 1.29 is 13.2 Å². The molecule has 0 saturated heterocycles. The molecular formula is C15H24N2O3S. The van der Waals surface area contributed by atoms with Gasteiger partial charge in [0.25, 0.3) is 0 Å². The lowest BCUT2D eigenvalue weighted by atomic mass is 10.1. The van der Waals surface area contributed by atoms with Crippen LogP contribution in [0.25, 0.3) is 0 Å². The topological polar surface area (TPSA) is 57.7 Å². The van der Waals surface area contributed by atoms with E-state index in [2.05, 4.69) is 0 Å². The maximum absolute atomic E-state index is 12.3. The Bertz CT molecular complexity index is 607. The van der Waals surface area contributed by atoms with Gasteiger partial charge in [-0.1, -0.05) is 12.1 Å². The van der Waals surface area contributed by atoms with Gasteiger partial charge in [-0.3, -0.25) is 9.10 Å². The van der Waals surface area contributed by atoms with Crippen molar-refractivity contribution in [2.75, 3.05) is 30.2 Å². The van der Waals surface area contributed by atoms with Gasteiger partial charge < -0.3 is 4.90 Å². The molecule has 0 heterocycles. The predicted molar refractivity (Wildman–Crippen MR) is 86.0 cm³/mol. The number of nitrogens with zero attached hydrogens (tertiary/aromatic N) is 2. The van der Waals surface area contributed by atoms with Crippen molar-refractivity contribution in [2.45, 2.75) is 27.7 Å². The van der Waals surface area contributed by atoms with E-state index in [-0.39, 0.29) is 12.5 Å². The third-order valence-electron chi connectivity index (χ3n) is 3.64. The van der Waals surface area contributed by atoms with E-state index in [0.29, 0.717) is 18.8 Å². The normalized spacial score (nSPS) is 11.3. The molecule has 21 heavy (non-hydrogen) atoms. The van der Waals surface area contributed by atoms with E-state index >= 15 is 0 Å². The number of carbonyl (C=O) groups is 1. The summed E-state index contributed by atoms with van der Waals surface area (Å²) in [4.78, 5) is 13.9. The number of carbonyl (C=O) groups excluding carboxylic acids is 1. The van der Waals surface area contributed by atoms with Crippen molar-refractivity contribution in [1.82, 2.24) is 4.90 Å². The summed E-state index contributed by atoms with van der Waals surface area (Å²) in [6.45, 7) is 8.52. The minimum Gasteiger partial charge on any atom is -0.342 e. The third kappa shape index (κ3) is 4.20. The number of hydrogen-bond acceptors (Lipinski definition) is 3. The van der Waals surface area contributed by atoms with Crippen LogP contribution in [0.2, 0.25) is 0 Å². The molecule has 1 aromatic carbocycles. The van der Waals surface area contributed by atoms with E-state index in [1.54, 1.807) is 17.0 Å². The van der Waals surface area contributed by atoms with Crippen molar-refractivity contribution in [2.24, 2.45) is 0 Å². The van der Waals surface area contributed by atoms with Gasteiger partial charge in [0.1, 0.15) is 6.54 Å². The molecule has 0 spiro atoms. The Balaban J connectivity index is 3.20. The first kappa shape index (κ1) is 17.5. The minimum atomic E-state index is -3.52. The Hall–Kier alpha value is -1.56. The van der Waals surface area contributed by atoms with Crippen molar-refractivity contribution in [3.63, 3.8) is 0 Å². The van der Waals surface area contributed by atoms with Crippen LogP contribution < -0.4 is 4.31 Å². The van der Waals surface area contributed by atoms with E-state index in [4.69, 9.17) is 0 Å². The average molecular weight is 312 g/mol. The fraction of sp³-hybridized carbons (Fsp3) is 0.533. The van der Waals surface area contributed by atoms with E-state index in [1.807, 2.05) is 33.8 Å². The summed E-state index contributed by atoms with van der Waals surface area (Å²) in [5.74, 6) is -0.189. The molecule has 0 saturated carbocycles. The van der Waals surface area contributed by atoms with Gasteiger partial charge >= 0.3 is 0 Å². The Morgan fingerprint density at radius 1 is 1.14 bits per heavy atom. The summed E-state index contributed by atoms with van der Waals surface area (Å²) in [5, 5.41) is 0. The predicted octanol–water partition coefficient (Wildman–Crippen LogP) is 1.94. The molecule has 0 radical (unpaired) electrons. The first-order valence-corrected chi connectivity index (χ1v) is 8.88. The fourth-order valence-corrected chi connectivity index (χ4v) is 3.09. The molecule has 0 unspecified atom stereocenters. The lowest BCUT2D eigenvalue weighted by molar-refractivity contribution is -0.129. The highest BCUT2D eigenvalue weighted by Crippen LogP contribution is 2.24. The number of hydrogen-bond donors (Lipinski definition) is 0. The SMILES string of the molecule is CCN(CC)C(=O)CN(c1cccc(C)c1C)S(C)(=O)=O. The molecule has 0 fully saturated rings. The standard InChI is InChI=1S/C15H24N2O3S/c1-6-16(7-2)15(18)11-17(21(5,19)20)14-10-8-9-12(3)13(14)4/h8-10H,6-7,11H2,1-5H3. The van der Waals surface area contributed by atoms with Crippen molar-refractivity contribution in [1.29, 1.82) is 0 Å². The number of amides is 1. The first-order chi connectivity index (χ1) is 9.72. The Morgan fingerprint density at radius 3 is 2.19 bits per heavy atom. The van der Waals surface area contributed by atoms with E-state index in [0.717, 1.165) is 17.4 Å². The second-order valence-corrected chi connectivity index (χ2v) is 6.96. The number of anilines is 1. The van der Waals surface area contributed by atoms with Crippen LogP contribution in [0.3, 0.4) is 0 Å². The Morgan fingerprint density at radius 2 is 1.71 bits per heavy atom. The zero-order valence-electron chi connectivity index (χ0n) is 13.4. The quantitative estimate of drug-likeness (QED) is 0.806. The lowest BCUT2D eigenvalue weighted by Crippen LogP contribution is -2.42. The van der Waals surface area contributed by atoms with Crippen molar-refractivity contribution in [3.05, 3.63) is 29.3 Å². The summed E-state index contributed by atoms with van der Waals surface area (Å²) in [5.41, 5.74) is 2.43. The molecule has 0 aliphatic heterocycles. The van der Waals surface area contributed by atoms with E-state index in [9.17, 15) is 13.2 Å². The molecule has 0 aliphatic rings. The van der Waals surface area contributed by atoms with Gasteiger partial charge in [0.2, 0.25) is 15.9 Å². The lowest BCUT2D eigenvalue weighted by Gasteiger charge is -2.27. The number of rotatable bonds is 6. The molecule has 5 nitrogen and oxygen atoms in total. The summed E-state index contributed by atoms with van der Waals surface area (Å²) in [6.07, 6.45) is 1.13. The number of likely N-dealkylation sites (N-methyl/N-ethyl adjacent to an activating group) is 1. The Kier molecular flexibility index (Phi) is 5.78. The Labute approximate surface area is 127 Å². The number of benzene rings is 1. The summed E-state index contributed by atoms with van der Waals surface area (Å²) < 4.78 is 25.4. The van der Waals surface area contributed by atoms with Crippen molar-refractivity contribution >= 4 is 21.6 Å². The second-order valence-electron chi connectivity index (χ2n) is 5.05. The monoisotopic (exact) mass is 312 g/mol. The zero-order chi connectivity index (χ0) is 16.2. The van der Waals surface area contributed by atoms with Gasteiger partial charge in [-0.05, 0) is 44.9 Å². The molecule has 1 amide bonds. The highest BCUT2D eigenvalue weighted by molar-refractivity contribution is 7.92. The van der Waals surface area contributed by atoms with E-state index < -0.39 is 10.0 Å². The number of aryl methyl sites for hydroxylation is 1. The molecule has 0 aliphatic carbocycles. The molecule has 0 aromatic heterocycles. The van der Waals surface area contributed by atoms with E-state index in [1.165, 1.54) is 4.31 Å². The van der Waals surface area contributed by atoms with Gasteiger partial charge in [-0.2, -0.15) is 0 Å². The zero-order valence-corrected chi connectivity index (χ0v) is 14.2. The maximum atomic E-state index is 12.3. The van der Waals surface area contributed by atoms with Gasteiger partial charge in [0, 0.05) is 13.1 Å². The van der Waals surface area contributed by atoms with Crippen LogP contribution in [0.4, 0.5) is 5.69 Å². The van der Waals surface area contributed by atoms with Crippen LogP contribution >= 0.6 is 0 Å². The second kappa shape index (κ2) is 6.93. The molecular weight excluding hydrogens is 288 g/mol. The van der Waals surface area contributed by atoms with Crippen LogP contribution in [0, 0.1) is 13.8 Å². The van der Waals surface area contributed by atoms with Gasteiger partial charge in [0.05, 0.1) is 11.9 Å². The van der Waals surface area contributed by atoms with Crippen LogP contribution in [0.5, 0.6) is 0 Å². The summed E-state index contributed by atoms with van der Waals surface area (Å²) >= 11 is 0. The van der Waals surface area contributed by atoms with Crippen LogP contribution in [-0.2, 0) is 14.8 Å². The van der Waals surface area contributed by atoms with Crippen molar-refractivity contribution in [3.8, 4) is 0 Å². The van der Waals surface area contributed by atoms with Gasteiger partial charge in [0.15, 0.2) is 0 Å². The van der Waals surface area contributed by atoms with Crippen LogP contribution in [0.15, 0.2) is 18.2 Å². The molecule has 0 atom stereocenters. The molecule has 1 rings (SSSR count). The fourth-order valence-electron chi connectivity index (χ4n) is 2.19. The summed E-state index contributed by atoms with van der Waals surface area (Å²) in [6, 6.07) is 5.46. The third-order valence-corrected chi connectivity index (χ3v) is 4.77. The first-order valence-electron chi connectivity index (χ1n) is 7.04. The molecule has 118 valence electrons. The average Bonchev–Trinajstić information content (AvgIpc) is 2.40.